The fourth-order valence-corrected chi connectivity index (χ4v) is 2.67. The number of benzene rings is 1. The average molecular weight is 275 g/mol. The van der Waals surface area contributed by atoms with Gasteiger partial charge in [0.15, 0.2) is 0 Å². The van der Waals surface area contributed by atoms with Crippen LogP contribution in [-0.2, 0) is 10.2 Å². The number of carbonyl (C=O) groups excluding carboxylic acids is 1. The number of ketones is 1. The highest BCUT2D eigenvalue weighted by Crippen LogP contribution is 2.49. The molecule has 20 heavy (non-hydrogen) atoms. The minimum absolute atomic E-state index is 0.181. The van der Waals surface area contributed by atoms with Gasteiger partial charge in [0, 0.05) is 6.54 Å². The Morgan fingerprint density at radius 1 is 1.20 bits per heavy atom. The normalized spacial score (nSPS) is 16.2. The Balaban J connectivity index is 1.88. The third-order valence-electron chi connectivity index (χ3n) is 4.40. The first-order valence-electron chi connectivity index (χ1n) is 7.59. The van der Waals surface area contributed by atoms with Gasteiger partial charge >= 0.3 is 0 Å². The largest absolute Gasteiger partial charge is 0.492 e. The molecule has 1 aromatic carbocycles. The van der Waals surface area contributed by atoms with Crippen LogP contribution in [0.1, 0.15) is 39.2 Å². The average Bonchev–Trinajstić information content (AvgIpc) is 3.26. The molecule has 0 spiro atoms. The van der Waals surface area contributed by atoms with Crippen LogP contribution in [-0.4, -0.2) is 36.9 Å². The van der Waals surface area contributed by atoms with E-state index in [0.717, 1.165) is 43.8 Å². The first-order chi connectivity index (χ1) is 9.62. The quantitative estimate of drug-likeness (QED) is 0.730. The highest BCUT2D eigenvalue weighted by atomic mass is 16.5. The van der Waals surface area contributed by atoms with Crippen molar-refractivity contribution in [3.8, 4) is 5.75 Å². The topological polar surface area (TPSA) is 29.5 Å². The van der Waals surface area contributed by atoms with Crippen LogP contribution < -0.4 is 4.74 Å². The Morgan fingerprint density at radius 3 is 2.25 bits per heavy atom. The molecule has 3 heteroatoms. The van der Waals surface area contributed by atoms with Crippen LogP contribution in [0, 0.1) is 0 Å². The van der Waals surface area contributed by atoms with Crippen LogP contribution in [0.15, 0.2) is 24.3 Å². The molecule has 1 fully saturated rings. The fourth-order valence-electron chi connectivity index (χ4n) is 2.67. The lowest BCUT2D eigenvalue weighted by atomic mass is 9.92. The van der Waals surface area contributed by atoms with Crippen molar-refractivity contribution in [1.82, 2.24) is 4.90 Å². The Bertz CT molecular complexity index is 445. The fraction of sp³-hybridized carbons (Fsp3) is 0.588. The minimum atomic E-state index is -0.181. The molecule has 1 saturated carbocycles. The smallest absolute Gasteiger partial charge is 0.140 e. The highest BCUT2D eigenvalue weighted by molar-refractivity contribution is 5.91. The summed E-state index contributed by atoms with van der Waals surface area (Å²) >= 11 is 0. The zero-order valence-electron chi connectivity index (χ0n) is 12.8. The van der Waals surface area contributed by atoms with Gasteiger partial charge in [0.2, 0.25) is 0 Å². The summed E-state index contributed by atoms with van der Waals surface area (Å²) in [4.78, 5) is 14.0. The van der Waals surface area contributed by atoms with Gasteiger partial charge in [0.05, 0.1) is 5.41 Å². The molecule has 0 heterocycles. The lowest BCUT2D eigenvalue weighted by molar-refractivity contribution is -0.119. The number of ether oxygens (including phenoxy) is 1. The Kier molecular flexibility index (Phi) is 4.81. The second-order valence-corrected chi connectivity index (χ2v) is 5.54. The van der Waals surface area contributed by atoms with E-state index in [1.165, 1.54) is 0 Å². The Morgan fingerprint density at radius 2 is 1.80 bits per heavy atom. The summed E-state index contributed by atoms with van der Waals surface area (Å²) in [5, 5.41) is 0. The van der Waals surface area contributed by atoms with Gasteiger partial charge in [0.1, 0.15) is 18.1 Å². The molecule has 1 aliphatic rings. The van der Waals surface area contributed by atoms with Crippen LogP contribution >= 0.6 is 0 Å². The van der Waals surface area contributed by atoms with E-state index in [1.54, 1.807) is 6.92 Å². The summed E-state index contributed by atoms with van der Waals surface area (Å²) in [7, 11) is 0. The second-order valence-electron chi connectivity index (χ2n) is 5.54. The van der Waals surface area contributed by atoms with E-state index in [9.17, 15) is 4.79 Å². The summed E-state index contributed by atoms with van der Waals surface area (Å²) in [5.74, 6) is 1.17. The van der Waals surface area contributed by atoms with E-state index in [4.69, 9.17) is 4.74 Å². The number of hydrogen-bond acceptors (Lipinski definition) is 3. The number of Topliss-reactive ketones (excluding diaryl/α,β-unsaturated/α-hetero) is 1. The summed E-state index contributed by atoms with van der Waals surface area (Å²) in [5.41, 5.74) is 0.959. The van der Waals surface area contributed by atoms with Gasteiger partial charge in [-0.1, -0.05) is 26.0 Å². The SMILES string of the molecule is CCN(CC)CCOc1ccc(C2(C(C)=O)CC2)cc1. The van der Waals surface area contributed by atoms with E-state index in [-0.39, 0.29) is 11.2 Å². The van der Waals surface area contributed by atoms with Gasteiger partial charge in [-0.15, -0.1) is 0 Å². The number of likely N-dealkylation sites (N-methyl/N-ethyl adjacent to an activating group) is 1. The third-order valence-corrected chi connectivity index (χ3v) is 4.40. The molecule has 0 bridgehead atoms. The predicted octanol–water partition coefficient (Wildman–Crippen LogP) is 3.03. The maximum absolute atomic E-state index is 11.7. The molecule has 2 rings (SSSR count). The maximum atomic E-state index is 11.7. The summed E-state index contributed by atoms with van der Waals surface area (Å²) in [6.45, 7) is 9.79. The van der Waals surface area contributed by atoms with Gasteiger partial charge in [-0.2, -0.15) is 0 Å². The molecule has 0 amide bonds. The first-order valence-corrected chi connectivity index (χ1v) is 7.59. The first kappa shape index (κ1) is 15.0. The van der Waals surface area contributed by atoms with Gasteiger partial charge in [-0.3, -0.25) is 4.79 Å². The van der Waals surface area contributed by atoms with Gasteiger partial charge in [-0.05, 0) is 50.6 Å². The van der Waals surface area contributed by atoms with Crippen LogP contribution in [0.3, 0.4) is 0 Å². The number of carbonyl (C=O) groups is 1. The van der Waals surface area contributed by atoms with Crippen molar-refractivity contribution in [1.29, 1.82) is 0 Å². The molecule has 1 aromatic rings. The molecular weight excluding hydrogens is 250 g/mol. The van der Waals surface area contributed by atoms with Crippen molar-refractivity contribution in [3.63, 3.8) is 0 Å². The molecule has 0 aromatic heterocycles. The Labute approximate surface area is 121 Å². The molecule has 0 N–H and O–H groups in total. The molecule has 0 saturated heterocycles. The third kappa shape index (κ3) is 3.21. The monoisotopic (exact) mass is 275 g/mol. The molecular formula is C17H25NO2. The van der Waals surface area contributed by atoms with E-state index >= 15 is 0 Å². The molecule has 0 atom stereocenters. The van der Waals surface area contributed by atoms with Crippen molar-refractivity contribution < 1.29 is 9.53 Å². The van der Waals surface area contributed by atoms with Crippen molar-refractivity contribution in [3.05, 3.63) is 29.8 Å². The molecule has 110 valence electrons. The van der Waals surface area contributed by atoms with Crippen molar-refractivity contribution in [2.75, 3.05) is 26.2 Å². The zero-order valence-corrected chi connectivity index (χ0v) is 12.8. The molecule has 0 aliphatic heterocycles. The van der Waals surface area contributed by atoms with Crippen molar-refractivity contribution in [2.45, 2.75) is 39.0 Å². The lowest BCUT2D eigenvalue weighted by Gasteiger charge is -2.18. The number of hydrogen-bond donors (Lipinski definition) is 0. The van der Waals surface area contributed by atoms with Crippen LogP contribution in [0.2, 0.25) is 0 Å². The van der Waals surface area contributed by atoms with Gasteiger partial charge in [0.25, 0.3) is 0 Å². The van der Waals surface area contributed by atoms with Crippen LogP contribution in [0.4, 0.5) is 0 Å². The zero-order chi connectivity index (χ0) is 14.6. The van der Waals surface area contributed by atoms with E-state index in [0.29, 0.717) is 6.61 Å². The molecule has 3 nitrogen and oxygen atoms in total. The summed E-state index contributed by atoms with van der Waals surface area (Å²) < 4.78 is 5.76. The molecule has 1 aliphatic carbocycles. The minimum Gasteiger partial charge on any atom is -0.492 e. The van der Waals surface area contributed by atoms with Gasteiger partial charge in [-0.25, -0.2) is 0 Å². The highest BCUT2D eigenvalue weighted by Gasteiger charge is 2.48. The lowest BCUT2D eigenvalue weighted by Crippen LogP contribution is -2.27. The van der Waals surface area contributed by atoms with E-state index in [2.05, 4.69) is 18.7 Å². The second kappa shape index (κ2) is 6.40. The van der Waals surface area contributed by atoms with Gasteiger partial charge < -0.3 is 9.64 Å². The van der Waals surface area contributed by atoms with Crippen molar-refractivity contribution >= 4 is 5.78 Å². The van der Waals surface area contributed by atoms with Crippen LogP contribution in [0.25, 0.3) is 0 Å². The standard InChI is InChI=1S/C17H25NO2/c1-4-18(5-2)12-13-20-16-8-6-15(7-9-16)17(10-11-17)14(3)19/h6-9H,4-5,10-13H2,1-3H3. The van der Waals surface area contributed by atoms with Crippen molar-refractivity contribution in [2.24, 2.45) is 0 Å². The van der Waals surface area contributed by atoms with E-state index < -0.39 is 0 Å². The predicted molar refractivity (Wildman–Crippen MR) is 81.3 cm³/mol. The maximum Gasteiger partial charge on any atom is 0.140 e. The number of nitrogens with zero attached hydrogens (tertiary/aromatic N) is 1. The molecule has 0 radical (unpaired) electrons. The summed E-state index contributed by atoms with van der Waals surface area (Å²) in [6, 6.07) is 8.06. The van der Waals surface area contributed by atoms with E-state index in [1.807, 2.05) is 24.3 Å². The summed E-state index contributed by atoms with van der Waals surface area (Å²) in [6.07, 6.45) is 1.98. The molecule has 0 unspecified atom stereocenters. The van der Waals surface area contributed by atoms with Crippen LogP contribution in [0.5, 0.6) is 5.75 Å². The Hall–Kier alpha value is -1.35. The number of rotatable bonds is 8.